The van der Waals surface area contributed by atoms with Crippen molar-refractivity contribution in [2.45, 2.75) is 20.3 Å². The number of benzene rings is 2. The summed E-state index contributed by atoms with van der Waals surface area (Å²) in [7, 11) is 0. The highest BCUT2D eigenvalue weighted by atomic mass is 14.1. The Balaban J connectivity index is 2.06. The van der Waals surface area contributed by atoms with Crippen LogP contribution in [0.4, 0.5) is 0 Å². The van der Waals surface area contributed by atoms with Crippen LogP contribution in [-0.4, -0.2) is 0 Å². The molecule has 1 unspecified atom stereocenters. The van der Waals surface area contributed by atoms with Gasteiger partial charge in [-0.1, -0.05) is 67.6 Å². The van der Waals surface area contributed by atoms with Crippen LogP contribution in [0.15, 0.2) is 66.8 Å². The van der Waals surface area contributed by atoms with Crippen molar-refractivity contribution in [3.63, 3.8) is 0 Å². The summed E-state index contributed by atoms with van der Waals surface area (Å²) in [4.78, 5) is 0. The summed E-state index contributed by atoms with van der Waals surface area (Å²) in [6, 6.07) is 17.4. The molecule has 2 aromatic carbocycles. The Bertz CT molecular complexity index is 660. The molecule has 0 aliphatic heterocycles. The molecule has 0 spiro atoms. The predicted molar refractivity (Wildman–Crippen MR) is 87.5 cm³/mol. The van der Waals surface area contributed by atoms with E-state index in [-0.39, 0.29) is 0 Å². The number of aryl methyl sites for hydroxylation is 1. The standard InChI is InChI=1S/C20H20/c1-15-7-6-10-18(11-15)20-13-16(2)12-19(14-20)17-8-4-3-5-9-17/h3-6,8-15H,7H2,1-2H3. The summed E-state index contributed by atoms with van der Waals surface area (Å²) >= 11 is 0. The molecule has 0 saturated heterocycles. The van der Waals surface area contributed by atoms with E-state index >= 15 is 0 Å². The molecular weight excluding hydrogens is 240 g/mol. The van der Waals surface area contributed by atoms with Gasteiger partial charge in [-0.25, -0.2) is 0 Å². The fraction of sp³-hybridized carbons (Fsp3) is 0.200. The van der Waals surface area contributed by atoms with E-state index in [9.17, 15) is 0 Å². The fourth-order valence-corrected chi connectivity index (χ4v) is 2.78. The van der Waals surface area contributed by atoms with Gasteiger partial charge in [0.15, 0.2) is 0 Å². The van der Waals surface area contributed by atoms with Crippen LogP contribution < -0.4 is 0 Å². The monoisotopic (exact) mass is 260 g/mol. The molecule has 0 N–H and O–H groups in total. The lowest BCUT2D eigenvalue weighted by molar-refractivity contribution is 0.740. The van der Waals surface area contributed by atoms with Crippen LogP contribution in [-0.2, 0) is 0 Å². The fourth-order valence-electron chi connectivity index (χ4n) is 2.78. The Morgan fingerprint density at radius 1 is 0.900 bits per heavy atom. The first kappa shape index (κ1) is 12.9. The van der Waals surface area contributed by atoms with Crippen LogP contribution in [0.3, 0.4) is 0 Å². The van der Waals surface area contributed by atoms with Gasteiger partial charge in [0.1, 0.15) is 0 Å². The molecule has 1 atom stereocenters. The molecule has 1 aliphatic carbocycles. The zero-order valence-corrected chi connectivity index (χ0v) is 12.1. The van der Waals surface area contributed by atoms with Gasteiger partial charge in [-0.2, -0.15) is 0 Å². The van der Waals surface area contributed by atoms with Gasteiger partial charge in [0, 0.05) is 0 Å². The maximum atomic E-state index is 2.38. The first-order valence-corrected chi connectivity index (χ1v) is 7.28. The Kier molecular flexibility index (Phi) is 3.56. The molecule has 2 aromatic rings. The molecule has 20 heavy (non-hydrogen) atoms. The zero-order valence-electron chi connectivity index (χ0n) is 12.1. The number of hydrogen-bond acceptors (Lipinski definition) is 0. The number of hydrogen-bond donors (Lipinski definition) is 0. The van der Waals surface area contributed by atoms with Gasteiger partial charge in [-0.15, -0.1) is 0 Å². The molecule has 0 nitrogen and oxygen atoms in total. The molecule has 0 amide bonds. The van der Waals surface area contributed by atoms with E-state index in [1.54, 1.807) is 0 Å². The van der Waals surface area contributed by atoms with Crippen molar-refractivity contribution in [2.75, 3.05) is 0 Å². The summed E-state index contributed by atoms with van der Waals surface area (Å²) in [6.07, 6.45) is 8.07. The zero-order chi connectivity index (χ0) is 13.9. The molecule has 100 valence electrons. The largest absolute Gasteiger partial charge is 0.0834 e. The maximum Gasteiger partial charge on any atom is -0.0175 e. The van der Waals surface area contributed by atoms with Gasteiger partial charge in [0.05, 0.1) is 0 Å². The van der Waals surface area contributed by atoms with Crippen molar-refractivity contribution in [2.24, 2.45) is 5.92 Å². The normalized spacial score (nSPS) is 17.9. The highest BCUT2D eigenvalue weighted by Crippen LogP contribution is 2.29. The third kappa shape index (κ3) is 2.75. The van der Waals surface area contributed by atoms with E-state index in [1.807, 2.05) is 0 Å². The molecule has 0 heteroatoms. The molecule has 0 aromatic heterocycles. The van der Waals surface area contributed by atoms with Crippen LogP contribution in [0.1, 0.15) is 24.5 Å². The second kappa shape index (κ2) is 5.50. The topological polar surface area (TPSA) is 0 Å². The van der Waals surface area contributed by atoms with Gasteiger partial charge in [-0.3, -0.25) is 0 Å². The lowest BCUT2D eigenvalue weighted by atomic mass is 9.91. The van der Waals surface area contributed by atoms with Gasteiger partial charge in [-0.05, 0) is 53.2 Å². The van der Waals surface area contributed by atoms with Crippen molar-refractivity contribution in [3.8, 4) is 11.1 Å². The Morgan fingerprint density at radius 3 is 2.40 bits per heavy atom. The molecule has 0 radical (unpaired) electrons. The SMILES string of the molecule is Cc1cc(C2=CC(C)CC=C2)cc(-c2ccccc2)c1. The first-order chi connectivity index (χ1) is 9.72. The number of rotatable bonds is 2. The third-order valence-electron chi connectivity index (χ3n) is 3.79. The van der Waals surface area contributed by atoms with Crippen molar-refractivity contribution in [1.82, 2.24) is 0 Å². The summed E-state index contributed by atoms with van der Waals surface area (Å²) in [6.45, 7) is 4.45. The summed E-state index contributed by atoms with van der Waals surface area (Å²) in [5.41, 5.74) is 6.57. The average Bonchev–Trinajstić information content (AvgIpc) is 2.47. The molecule has 3 rings (SSSR count). The lowest BCUT2D eigenvalue weighted by Crippen LogP contribution is -1.95. The van der Waals surface area contributed by atoms with Gasteiger partial charge < -0.3 is 0 Å². The molecule has 0 saturated carbocycles. The summed E-state index contributed by atoms with van der Waals surface area (Å²) in [5, 5.41) is 0. The second-order valence-electron chi connectivity index (χ2n) is 5.69. The molecule has 1 aliphatic rings. The predicted octanol–water partition coefficient (Wildman–Crippen LogP) is 5.64. The van der Waals surface area contributed by atoms with Crippen LogP contribution >= 0.6 is 0 Å². The van der Waals surface area contributed by atoms with Crippen molar-refractivity contribution in [1.29, 1.82) is 0 Å². The van der Waals surface area contributed by atoms with Crippen LogP contribution in [0, 0.1) is 12.8 Å². The number of allylic oxidation sites excluding steroid dienone is 4. The van der Waals surface area contributed by atoms with Crippen molar-refractivity contribution < 1.29 is 0 Å². The van der Waals surface area contributed by atoms with E-state index in [0.717, 1.165) is 6.42 Å². The molecule has 0 fully saturated rings. The molecule has 0 heterocycles. The third-order valence-corrected chi connectivity index (χ3v) is 3.79. The minimum atomic E-state index is 0.635. The van der Waals surface area contributed by atoms with Crippen molar-refractivity contribution >= 4 is 5.57 Å². The summed E-state index contributed by atoms with van der Waals surface area (Å²) in [5.74, 6) is 0.635. The smallest absolute Gasteiger partial charge is 0.0175 e. The highest BCUT2D eigenvalue weighted by molar-refractivity contribution is 5.79. The molecule has 0 bridgehead atoms. The van der Waals surface area contributed by atoms with Crippen LogP contribution in [0.25, 0.3) is 16.7 Å². The summed E-state index contributed by atoms with van der Waals surface area (Å²) < 4.78 is 0. The van der Waals surface area contributed by atoms with Gasteiger partial charge in [0.25, 0.3) is 0 Å². The minimum Gasteiger partial charge on any atom is -0.0834 e. The van der Waals surface area contributed by atoms with E-state index < -0.39 is 0 Å². The van der Waals surface area contributed by atoms with Crippen LogP contribution in [0.2, 0.25) is 0 Å². The Morgan fingerprint density at radius 2 is 1.65 bits per heavy atom. The maximum absolute atomic E-state index is 2.38. The minimum absolute atomic E-state index is 0.635. The van der Waals surface area contributed by atoms with Gasteiger partial charge >= 0.3 is 0 Å². The lowest BCUT2D eigenvalue weighted by Gasteiger charge is -2.14. The Hall–Kier alpha value is -2.08. The first-order valence-electron chi connectivity index (χ1n) is 7.28. The van der Waals surface area contributed by atoms with Gasteiger partial charge in [0.2, 0.25) is 0 Å². The van der Waals surface area contributed by atoms with E-state index in [2.05, 4.69) is 80.6 Å². The van der Waals surface area contributed by atoms with E-state index in [4.69, 9.17) is 0 Å². The molecular formula is C20H20. The second-order valence-corrected chi connectivity index (χ2v) is 5.69. The highest BCUT2D eigenvalue weighted by Gasteiger charge is 2.08. The van der Waals surface area contributed by atoms with E-state index in [1.165, 1.54) is 27.8 Å². The quantitative estimate of drug-likeness (QED) is 0.655. The van der Waals surface area contributed by atoms with E-state index in [0.29, 0.717) is 5.92 Å². The van der Waals surface area contributed by atoms with Crippen LogP contribution in [0.5, 0.6) is 0 Å². The van der Waals surface area contributed by atoms with Crippen molar-refractivity contribution in [3.05, 3.63) is 77.9 Å². The Labute approximate surface area is 121 Å². The average molecular weight is 260 g/mol.